The van der Waals surface area contributed by atoms with Crippen molar-refractivity contribution in [1.29, 1.82) is 0 Å². The molecule has 0 fully saturated rings. The third-order valence-corrected chi connectivity index (χ3v) is 4.08. The minimum absolute atomic E-state index is 0.454. The highest BCUT2D eigenvalue weighted by molar-refractivity contribution is 5.85. The van der Waals surface area contributed by atoms with Crippen LogP contribution in [0.4, 0.5) is 0 Å². The van der Waals surface area contributed by atoms with Crippen LogP contribution in [0, 0.1) is 5.92 Å². The highest BCUT2D eigenvalue weighted by Crippen LogP contribution is 2.39. The van der Waals surface area contributed by atoms with Crippen molar-refractivity contribution in [3.8, 4) is 0 Å². The molecule has 2 aromatic rings. The van der Waals surface area contributed by atoms with E-state index in [1.807, 2.05) is 0 Å². The van der Waals surface area contributed by atoms with Crippen LogP contribution in [0.25, 0.3) is 10.9 Å². The third kappa shape index (κ3) is 1.58. The maximum Gasteiger partial charge on any atom is 0.0539 e. The predicted molar refractivity (Wildman–Crippen MR) is 75.1 cm³/mol. The van der Waals surface area contributed by atoms with Gasteiger partial charge in [-0.15, -0.1) is 0 Å². The van der Waals surface area contributed by atoms with Crippen molar-refractivity contribution in [2.75, 3.05) is 14.1 Å². The summed E-state index contributed by atoms with van der Waals surface area (Å²) in [6, 6.07) is 9.09. The van der Waals surface area contributed by atoms with Gasteiger partial charge in [0.15, 0.2) is 0 Å². The second-order valence-corrected chi connectivity index (χ2v) is 5.64. The number of fused-ring (bicyclic) bond motifs is 3. The molecule has 96 valence electrons. The molecular formula is C15H21N3. The van der Waals surface area contributed by atoms with Crippen LogP contribution in [0.2, 0.25) is 0 Å². The Hall–Kier alpha value is -1.32. The zero-order valence-electron chi connectivity index (χ0n) is 11.6. The van der Waals surface area contributed by atoms with Gasteiger partial charge in [0.25, 0.3) is 0 Å². The average molecular weight is 243 g/mol. The van der Waals surface area contributed by atoms with Gasteiger partial charge in [0, 0.05) is 36.3 Å². The molecule has 3 nitrogen and oxygen atoms in total. The lowest BCUT2D eigenvalue weighted by Gasteiger charge is -2.42. The van der Waals surface area contributed by atoms with Gasteiger partial charge in [0.1, 0.15) is 0 Å². The quantitative estimate of drug-likeness (QED) is 0.831. The van der Waals surface area contributed by atoms with Crippen LogP contribution < -0.4 is 0 Å². The van der Waals surface area contributed by atoms with Crippen molar-refractivity contribution < 1.29 is 0 Å². The summed E-state index contributed by atoms with van der Waals surface area (Å²) in [5, 5.41) is 6.04. The van der Waals surface area contributed by atoms with Gasteiger partial charge in [-0.3, -0.25) is 0 Å². The minimum Gasteiger partial charge on any atom is -0.357 e. The molecule has 3 rings (SSSR count). The SMILES string of the molecule is CC(C)C1c2c([nH]c3ccccc23)CN(C)N1C. The third-order valence-electron chi connectivity index (χ3n) is 4.08. The van der Waals surface area contributed by atoms with Gasteiger partial charge in [0.05, 0.1) is 12.6 Å². The van der Waals surface area contributed by atoms with Gasteiger partial charge >= 0.3 is 0 Å². The number of aromatic amines is 1. The first kappa shape index (κ1) is 11.8. The lowest BCUT2D eigenvalue weighted by Crippen LogP contribution is -2.44. The molecule has 0 spiro atoms. The lowest BCUT2D eigenvalue weighted by molar-refractivity contribution is -0.0527. The monoisotopic (exact) mass is 243 g/mol. The summed E-state index contributed by atoms with van der Waals surface area (Å²) in [5.74, 6) is 0.593. The minimum atomic E-state index is 0.454. The van der Waals surface area contributed by atoms with Crippen LogP contribution in [-0.2, 0) is 6.54 Å². The smallest absolute Gasteiger partial charge is 0.0539 e. The Morgan fingerprint density at radius 1 is 1.22 bits per heavy atom. The average Bonchev–Trinajstić information content (AvgIpc) is 2.68. The molecule has 3 heteroatoms. The van der Waals surface area contributed by atoms with E-state index in [9.17, 15) is 0 Å². The summed E-state index contributed by atoms with van der Waals surface area (Å²) in [4.78, 5) is 3.58. The van der Waals surface area contributed by atoms with Gasteiger partial charge in [-0.25, -0.2) is 10.0 Å². The number of aromatic nitrogens is 1. The maximum atomic E-state index is 3.58. The predicted octanol–water partition coefficient (Wildman–Crippen LogP) is 3.16. The van der Waals surface area contributed by atoms with Gasteiger partial charge in [-0.2, -0.15) is 0 Å². The zero-order chi connectivity index (χ0) is 12.9. The highest BCUT2D eigenvalue weighted by atomic mass is 15.6. The van der Waals surface area contributed by atoms with E-state index in [4.69, 9.17) is 0 Å². The topological polar surface area (TPSA) is 22.3 Å². The molecule has 18 heavy (non-hydrogen) atoms. The number of rotatable bonds is 1. The normalized spacial score (nSPS) is 21.7. The fraction of sp³-hybridized carbons (Fsp3) is 0.467. The first-order chi connectivity index (χ1) is 8.59. The van der Waals surface area contributed by atoms with Gasteiger partial charge in [-0.1, -0.05) is 32.0 Å². The van der Waals surface area contributed by atoms with Crippen molar-refractivity contribution in [1.82, 2.24) is 15.0 Å². The van der Waals surface area contributed by atoms with E-state index in [1.54, 1.807) is 0 Å². The van der Waals surface area contributed by atoms with E-state index in [0.29, 0.717) is 12.0 Å². The second-order valence-electron chi connectivity index (χ2n) is 5.64. The Bertz CT molecular complexity index is 570. The van der Waals surface area contributed by atoms with E-state index in [2.05, 4.69) is 67.2 Å². The molecule has 1 aliphatic heterocycles. The van der Waals surface area contributed by atoms with Crippen molar-refractivity contribution >= 4 is 10.9 Å². The molecule has 2 heterocycles. The number of hydrogen-bond acceptors (Lipinski definition) is 2. The fourth-order valence-corrected chi connectivity index (χ4v) is 3.19. The fourth-order valence-electron chi connectivity index (χ4n) is 3.19. The summed E-state index contributed by atoms with van der Waals surface area (Å²) in [7, 11) is 4.35. The Kier molecular flexibility index (Phi) is 2.68. The van der Waals surface area contributed by atoms with Crippen molar-refractivity contribution in [2.24, 2.45) is 5.92 Å². The number of H-pyrrole nitrogens is 1. The number of hydrogen-bond donors (Lipinski definition) is 1. The van der Waals surface area contributed by atoms with E-state index in [1.165, 1.54) is 22.2 Å². The van der Waals surface area contributed by atoms with Gasteiger partial charge in [-0.05, 0) is 12.0 Å². The molecule has 0 radical (unpaired) electrons. The first-order valence-corrected chi connectivity index (χ1v) is 6.63. The van der Waals surface area contributed by atoms with Gasteiger partial charge < -0.3 is 4.98 Å². The summed E-state index contributed by atoms with van der Waals surface area (Å²) < 4.78 is 0. The highest BCUT2D eigenvalue weighted by Gasteiger charge is 2.33. The largest absolute Gasteiger partial charge is 0.357 e. The van der Waals surface area contributed by atoms with Crippen molar-refractivity contribution in [2.45, 2.75) is 26.4 Å². The first-order valence-electron chi connectivity index (χ1n) is 6.63. The Balaban J connectivity index is 2.25. The number of benzene rings is 1. The molecule has 1 aromatic carbocycles. The molecule has 1 N–H and O–H groups in total. The van der Waals surface area contributed by atoms with Crippen LogP contribution in [0.15, 0.2) is 24.3 Å². The molecule has 1 aromatic heterocycles. The lowest BCUT2D eigenvalue weighted by atomic mass is 9.91. The molecule has 1 atom stereocenters. The van der Waals surface area contributed by atoms with E-state index in [-0.39, 0.29) is 0 Å². The molecular weight excluding hydrogens is 222 g/mol. The summed E-state index contributed by atoms with van der Waals surface area (Å²) in [6.45, 7) is 5.56. The summed E-state index contributed by atoms with van der Waals surface area (Å²) in [6.07, 6.45) is 0. The Labute approximate surface area is 108 Å². The molecule has 0 amide bonds. The number of nitrogens with one attached hydrogen (secondary N) is 1. The molecule has 0 saturated carbocycles. The molecule has 0 bridgehead atoms. The number of nitrogens with zero attached hydrogens (tertiary/aromatic N) is 2. The Morgan fingerprint density at radius 2 is 1.94 bits per heavy atom. The zero-order valence-corrected chi connectivity index (χ0v) is 11.6. The molecule has 1 unspecified atom stereocenters. The molecule has 0 aliphatic carbocycles. The van der Waals surface area contributed by atoms with Crippen LogP contribution in [0.3, 0.4) is 0 Å². The van der Waals surface area contributed by atoms with Crippen LogP contribution >= 0.6 is 0 Å². The van der Waals surface area contributed by atoms with Gasteiger partial charge in [0.2, 0.25) is 0 Å². The molecule has 1 aliphatic rings. The number of hydrazine groups is 1. The van der Waals surface area contributed by atoms with Crippen molar-refractivity contribution in [3.63, 3.8) is 0 Å². The van der Waals surface area contributed by atoms with E-state index < -0.39 is 0 Å². The second kappa shape index (κ2) is 4.11. The summed E-state index contributed by atoms with van der Waals surface area (Å²) in [5.41, 5.74) is 4.12. The van der Waals surface area contributed by atoms with Crippen molar-refractivity contribution in [3.05, 3.63) is 35.5 Å². The van der Waals surface area contributed by atoms with Crippen LogP contribution in [0.5, 0.6) is 0 Å². The molecule has 0 saturated heterocycles. The number of para-hydroxylation sites is 1. The van der Waals surface area contributed by atoms with Crippen LogP contribution in [-0.4, -0.2) is 29.1 Å². The summed E-state index contributed by atoms with van der Waals surface area (Å²) >= 11 is 0. The van der Waals surface area contributed by atoms with E-state index >= 15 is 0 Å². The van der Waals surface area contributed by atoms with E-state index in [0.717, 1.165) is 6.54 Å². The van der Waals surface area contributed by atoms with Crippen LogP contribution in [0.1, 0.15) is 31.1 Å². The maximum absolute atomic E-state index is 3.58. The standard InChI is InChI=1S/C15H21N3/c1-10(2)15-14-11-7-5-6-8-12(11)16-13(14)9-17(3)18(15)4/h5-8,10,15-16H,9H2,1-4H3. The Morgan fingerprint density at radius 3 is 2.67 bits per heavy atom.